The Kier molecular flexibility index (Phi) is 3.14. The van der Waals surface area contributed by atoms with Crippen LogP contribution in [0.25, 0.3) is 11.2 Å². The molecule has 5 heteroatoms. The minimum Gasteiger partial charge on any atom is -0.377 e. The fourth-order valence-corrected chi connectivity index (χ4v) is 2.69. The van der Waals surface area contributed by atoms with Crippen molar-refractivity contribution in [1.82, 2.24) is 15.0 Å². The Bertz CT molecular complexity index is 578. The largest absolute Gasteiger partial charge is 0.377 e. The maximum absolute atomic E-state index is 5.74. The van der Waals surface area contributed by atoms with E-state index < -0.39 is 0 Å². The number of aromatic nitrogens is 3. The smallest absolute Gasteiger partial charge is 0.179 e. The van der Waals surface area contributed by atoms with Gasteiger partial charge in [0.25, 0.3) is 0 Å². The van der Waals surface area contributed by atoms with Crippen LogP contribution in [-0.2, 0) is 4.74 Å². The molecule has 102 valence electrons. The van der Waals surface area contributed by atoms with Gasteiger partial charge in [0.2, 0.25) is 0 Å². The van der Waals surface area contributed by atoms with Crippen LogP contribution in [0, 0.1) is 0 Å². The summed E-state index contributed by atoms with van der Waals surface area (Å²) in [5.74, 6) is 2.32. The van der Waals surface area contributed by atoms with Gasteiger partial charge >= 0.3 is 0 Å². The molecular weight excluding hydrogens is 240 g/mol. The van der Waals surface area contributed by atoms with E-state index in [9.17, 15) is 0 Å². The summed E-state index contributed by atoms with van der Waals surface area (Å²) in [7, 11) is 3.97. The monoisotopic (exact) mass is 260 g/mol. The highest BCUT2D eigenvalue weighted by molar-refractivity contribution is 5.73. The van der Waals surface area contributed by atoms with E-state index in [2.05, 4.69) is 21.9 Å². The molecule has 0 saturated carbocycles. The third-order valence-electron chi connectivity index (χ3n) is 3.77. The molecule has 3 rings (SSSR count). The summed E-state index contributed by atoms with van der Waals surface area (Å²) in [5.41, 5.74) is 1.80. The molecule has 1 saturated heterocycles. The van der Waals surface area contributed by atoms with E-state index >= 15 is 0 Å². The Morgan fingerprint density at radius 2 is 2.21 bits per heavy atom. The number of pyridine rings is 1. The van der Waals surface area contributed by atoms with Crippen LogP contribution in [0.3, 0.4) is 0 Å². The van der Waals surface area contributed by atoms with Crippen LogP contribution in [0.5, 0.6) is 0 Å². The minimum atomic E-state index is 0.286. The molecule has 1 N–H and O–H groups in total. The van der Waals surface area contributed by atoms with Gasteiger partial charge in [-0.3, -0.25) is 0 Å². The summed E-state index contributed by atoms with van der Waals surface area (Å²) < 4.78 is 5.74. The SMILES string of the molecule is CCC1OCCC1c1nc2nc(N(C)C)ccc2[nH]1. The van der Waals surface area contributed by atoms with E-state index in [-0.39, 0.29) is 6.10 Å². The summed E-state index contributed by atoms with van der Waals surface area (Å²) in [4.78, 5) is 14.6. The highest BCUT2D eigenvalue weighted by Crippen LogP contribution is 2.32. The molecule has 1 aliphatic heterocycles. The number of H-pyrrole nitrogens is 1. The molecule has 1 aliphatic rings. The second kappa shape index (κ2) is 4.81. The first kappa shape index (κ1) is 12.4. The molecule has 2 aromatic rings. The van der Waals surface area contributed by atoms with Crippen molar-refractivity contribution in [3.63, 3.8) is 0 Å². The van der Waals surface area contributed by atoms with Crippen LogP contribution in [0.15, 0.2) is 12.1 Å². The van der Waals surface area contributed by atoms with Gasteiger partial charge in [-0.2, -0.15) is 0 Å². The fraction of sp³-hybridized carbons (Fsp3) is 0.571. The number of hydrogen-bond acceptors (Lipinski definition) is 4. The normalized spacial score (nSPS) is 23.1. The Labute approximate surface area is 113 Å². The van der Waals surface area contributed by atoms with Crippen molar-refractivity contribution in [3.05, 3.63) is 18.0 Å². The quantitative estimate of drug-likeness (QED) is 0.920. The van der Waals surface area contributed by atoms with Crippen LogP contribution in [0.1, 0.15) is 31.5 Å². The van der Waals surface area contributed by atoms with Gasteiger partial charge in [-0.25, -0.2) is 9.97 Å². The number of anilines is 1. The molecule has 2 unspecified atom stereocenters. The van der Waals surface area contributed by atoms with Crippen molar-refractivity contribution in [1.29, 1.82) is 0 Å². The predicted octanol–water partition coefficient (Wildman–Crippen LogP) is 2.31. The Morgan fingerprint density at radius 1 is 1.37 bits per heavy atom. The number of rotatable bonds is 3. The van der Waals surface area contributed by atoms with Crippen LogP contribution in [-0.4, -0.2) is 41.8 Å². The molecule has 0 aliphatic carbocycles. The van der Waals surface area contributed by atoms with Gasteiger partial charge in [-0.05, 0) is 25.0 Å². The lowest BCUT2D eigenvalue weighted by atomic mass is 9.99. The number of fused-ring (bicyclic) bond motifs is 1. The summed E-state index contributed by atoms with van der Waals surface area (Å²) in [5, 5.41) is 0. The zero-order chi connectivity index (χ0) is 13.4. The molecule has 5 nitrogen and oxygen atoms in total. The van der Waals surface area contributed by atoms with Gasteiger partial charge in [-0.15, -0.1) is 0 Å². The van der Waals surface area contributed by atoms with Crippen LogP contribution in [0.4, 0.5) is 5.82 Å². The second-order valence-corrected chi connectivity index (χ2v) is 5.27. The van der Waals surface area contributed by atoms with Gasteiger partial charge in [0, 0.05) is 26.6 Å². The molecule has 0 radical (unpaired) electrons. The molecule has 1 fully saturated rings. The van der Waals surface area contributed by atoms with E-state index in [1.807, 2.05) is 31.1 Å². The van der Waals surface area contributed by atoms with Gasteiger partial charge in [0.15, 0.2) is 5.65 Å². The number of nitrogens with one attached hydrogen (secondary N) is 1. The van der Waals surface area contributed by atoms with Crippen molar-refractivity contribution in [2.75, 3.05) is 25.6 Å². The molecule has 2 atom stereocenters. The van der Waals surface area contributed by atoms with Crippen LogP contribution in [0.2, 0.25) is 0 Å². The lowest BCUT2D eigenvalue weighted by Gasteiger charge is -2.13. The Hall–Kier alpha value is -1.62. The van der Waals surface area contributed by atoms with Gasteiger partial charge in [0.05, 0.1) is 11.6 Å². The summed E-state index contributed by atoms with van der Waals surface area (Å²) in [6.07, 6.45) is 2.35. The third-order valence-corrected chi connectivity index (χ3v) is 3.77. The number of imidazole rings is 1. The van der Waals surface area contributed by atoms with Gasteiger partial charge in [-0.1, -0.05) is 6.92 Å². The second-order valence-electron chi connectivity index (χ2n) is 5.27. The van der Waals surface area contributed by atoms with E-state index in [1.54, 1.807) is 0 Å². The number of hydrogen-bond donors (Lipinski definition) is 1. The standard InChI is InChI=1S/C14H20N4O/c1-4-11-9(7-8-19-11)13-15-10-5-6-12(18(2)3)16-14(10)17-13/h5-6,9,11H,4,7-8H2,1-3H3,(H,15,16,17). The number of aromatic amines is 1. The first-order valence-electron chi connectivity index (χ1n) is 6.84. The van der Waals surface area contributed by atoms with E-state index in [0.717, 1.165) is 42.3 Å². The zero-order valence-corrected chi connectivity index (χ0v) is 11.7. The van der Waals surface area contributed by atoms with Gasteiger partial charge < -0.3 is 14.6 Å². The van der Waals surface area contributed by atoms with Crippen molar-refractivity contribution in [3.8, 4) is 0 Å². The molecule has 0 spiro atoms. The van der Waals surface area contributed by atoms with E-state index in [0.29, 0.717) is 5.92 Å². The summed E-state index contributed by atoms with van der Waals surface area (Å²) in [6.45, 7) is 2.99. The number of nitrogens with zero attached hydrogens (tertiary/aromatic N) is 3. The molecule has 0 amide bonds. The van der Waals surface area contributed by atoms with Crippen LogP contribution < -0.4 is 4.90 Å². The molecule has 19 heavy (non-hydrogen) atoms. The zero-order valence-electron chi connectivity index (χ0n) is 11.7. The van der Waals surface area contributed by atoms with Crippen LogP contribution >= 0.6 is 0 Å². The van der Waals surface area contributed by atoms with E-state index in [1.165, 1.54) is 0 Å². The molecule has 0 bridgehead atoms. The summed E-state index contributed by atoms with van der Waals surface area (Å²) in [6, 6.07) is 4.05. The van der Waals surface area contributed by atoms with Crippen molar-refractivity contribution in [2.45, 2.75) is 31.8 Å². The molecule has 3 heterocycles. The predicted molar refractivity (Wildman–Crippen MR) is 75.6 cm³/mol. The average molecular weight is 260 g/mol. The highest BCUT2D eigenvalue weighted by atomic mass is 16.5. The molecule has 0 aromatic carbocycles. The van der Waals surface area contributed by atoms with E-state index in [4.69, 9.17) is 4.74 Å². The maximum Gasteiger partial charge on any atom is 0.179 e. The maximum atomic E-state index is 5.74. The Balaban J connectivity index is 1.97. The fourth-order valence-electron chi connectivity index (χ4n) is 2.69. The first-order chi connectivity index (χ1) is 9.19. The van der Waals surface area contributed by atoms with Crippen molar-refractivity contribution < 1.29 is 4.74 Å². The molecular formula is C14H20N4O. The Morgan fingerprint density at radius 3 is 2.95 bits per heavy atom. The lowest BCUT2D eigenvalue weighted by Crippen LogP contribution is -2.14. The number of ether oxygens (including phenoxy) is 1. The van der Waals surface area contributed by atoms with Crippen molar-refractivity contribution >= 4 is 17.0 Å². The lowest BCUT2D eigenvalue weighted by molar-refractivity contribution is 0.0996. The third kappa shape index (κ3) is 2.18. The summed E-state index contributed by atoms with van der Waals surface area (Å²) >= 11 is 0. The first-order valence-corrected chi connectivity index (χ1v) is 6.84. The highest BCUT2D eigenvalue weighted by Gasteiger charge is 2.30. The topological polar surface area (TPSA) is 54.0 Å². The minimum absolute atomic E-state index is 0.286. The van der Waals surface area contributed by atoms with Gasteiger partial charge in [0.1, 0.15) is 11.6 Å². The molecule has 2 aromatic heterocycles. The average Bonchev–Trinajstić information content (AvgIpc) is 3.03. The van der Waals surface area contributed by atoms with Crippen molar-refractivity contribution in [2.24, 2.45) is 0 Å².